The van der Waals surface area contributed by atoms with Crippen LogP contribution in [-0.2, 0) is 6.61 Å². The highest BCUT2D eigenvalue weighted by atomic mass is 127. The van der Waals surface area contributed by atoms with Crippen molar-refractivity contribution < 1.29 is 4.74 Å². The molecular weight excluding hydrogens is 333 g/mol. The summed E-state index contributed by atoms with van der Waals surface area (Å²) in [5, 5.41) is 1.04. The molecule has 0 amide bonds. The molecule has 1 heterocycles. The quantitative estimate of drug-likeness (QED) is 0.786. The van der Waals surface area contributed by atoms with Gasteiger partial charge < -0.3 is 4.74 Å². The van der Waals surface area contributed by atoms with E-state index in [1.165, 1.54) is 8.45 Å². The molecular formula is C12H12INOS. The van der Waals surface area contributed by atoms with Crippen molar-refractivity contribution in [3.05, 3.63) is 43.4 Å². The van der Waals surface area contributed by atoms with Crippen LogP contribution in [0.5, 0.6) is 5.75 Å². The Morgan fingerprint density at radius 3 is 2.50 bits per heavy atom. The Labute approximate surface area is 113 Å². The first-order valence-corrected chi connectivity index (χ1v) is 6.86. The fourth-order valence-electron chi connectivity index (χ4n) is 1.28. The molecule has 0 bridgehead atoms. The van der Waals surface area contributed by atoms with Crippen LogP contribution < -0.4 is 4.74 Å². The van der Waals surface area contributed by atoms with E-state index in [0.717, 1.165) is 16.5 Å². The lowest BCUT2D eigenvalue weighted by molar-refractivity contribution is 0.305. The second-order valence-corrected chi connectivity index (χ2v) is 6.03. The summed E-state index contributed by atoms with van der Waals surface area (Å²) in [5.74, 6) is 0.894. The predicted molar refractivity (Wildman–Crippen MR) is 75.1 cm³/mol. The Bertz CT molecular complexity index is 459. The summed E-state index contributed by atoms with van der Waals surface area (Å²) < 4.78 is 6.87. The van der Waals surface area contributed by atoms with Crippen molar-refractivity contribution in [1.82, 2.24) is 4.98 Å². The van der Waals surface area contributed by atoms with Crippen molar-refractivity contribution in [3.8, 4) is 5.75 Å². The fourth-order valence-corrected chi connectivity index (χ4v) is 2.48. The van der Waals surface area contributed by atoms with Crippen LogP contribution in [0.3, 0.4) is 0 Å². The standard InChI is InChI=1S/C12H12INOS/c1-8-9(2)16-12(14-8)7-15-11-5-3-10(13)4-6-11/h3-6H,7H2,1-2H3. The van der Waals surface area contributed by atoms with Crippen molar-refractivity contribution in [2.24, 2.45) is 0 Å². The average Bonchev–Trinajstić information content (AvgIpc) is 2.58. The average molecular weight is 345 g/mol. The van der Waals surface area contributed by atoms with E-state index in [0.29, 0.717) is 6.61 Å². The van der Waals surface area contributed by atoms with Crippen molar-refractivity contribution in [1.29, 1.82) is 0 Å². The van der Waals surface area contributed by atoms with E-state index in [1.807, 2.05) is 31.2 Å². The number of hydrogen-bond acceptors (Lipinski definition) is 3. The smallest absolute Gasteiger partial charge is 0.140 e. The Hall–Kier alpha value is -0.620. The maximum absolute atomic E-state index is 5.66. The third-order valence-corrected chi connectivity index (χ3v) is 4.01. The largest absolute Gasteiger partial charge is 0.486 e. The third-order valence-electron chi connectivity index (χ3n) is 2.25. The minimum absolute atomic E-state index is 0.555. The van der Waals surface area contributed by atoms with Gasteiger partial charge in [0.2, 0.25) is 0 Å². The Morgan fingerprint density at radius 1 is 1.25 bits per heavy atom. The molecule has 2 nitrogen and oxygen atoms in total. The molecule has 84 valence electrons. The zero-order valence-corrected chi connectivity index (χ0v) is 12.1. The molecule has 2 rings (SSSR count). The number of nitrogens with zero attached hydrogens (tertiary/aromatic N) is 1. The number of ether oxygens (including phenoxy) is 1. The van der Waals surface area contributed by atoms with Gasteiger partial charge in [0.15, 0.2) is 0 Å². The number of hydrogen-bond donors (Lipinski definition) is 0. The van der Waals surface area contributed by atoms with Crippen molar-refractivity contribution in [3.63, 3.8) is 0 Å². The maximum Gasteiger partial charge on any atom is 0.140 e. The van der Waals surface area contributed by atoms with Gasteiger partial charge in [0.05, 0.1) is 5.69 Å². The molecule has 4 heteroatoms. The molecule has 16 heavy (non-hydrogen) atoms. The van der Waals surface area contributed by atoms with Gasteiger partial charge in [-0.2, -0.15) is 0 Å². The summed E-state index contributed by atoms with van der Waals surface area (Å²) in [6.07, 6.45) is 0. The van der Waals surface area contributed by atoms with E-state index in [1.54, 1.807) is 11.3 Å². The molecule has 0 saturated carbocycles. The van der Waals surface area contributed by atoms with Crippen LogP contribution in [0.4, 0.5) is 0 Å². The van der Waals surface area contributed by atoms with Crippen LogP contribution in [0.25, 0.3) is 0 Å². The number of rotatable bonds is 3. The van der Waals surface area contributed by atoms with Crippen LogP contribution in [0, 0.1) is 17.4 Å². The van der Waals surface area contributed by atoms with Gasteiger partial charge >= 0.3 is 0 Å². The lowest BCUT2D eigenvalue weighted by Crippen LogP contribution is -1.94. The highest BCUT2D eigenvalue weighted by Crippen LogP contribution is 2.19. The van der Waals surface area contributed by atoms with E-state index >= 15 is 0 Å². The SMILES string of the molecule is Cc1nc(COc2ccc(I)cc2)sc1C. The first kappa shape index (κ1) is 11.9. The summed E-state index contributed by atoms with van der Waals surface area (Å²) in [4.78, 5) is 5.70. The number of thiazole rings is 1. The molecule has 0 aliphatic rings. The monoisotopic (exact) mass is 345 g/mol. The van der Waals surface area contributed by atoms with Crippen molar-refractivity contribution in [2.45, 2.75) is 20.5 Å². The number of benzene rings is 1. The van der Waals surface area contributed by atoms with E-state index in [4.69, 9.17) is 4.74 Å². The zero-order chi connectivity index (χ0) is 11.5. The minimum atomic E-state index is 0.555. The highest BCUT2D eigenvalue weighted by molar-refractivity contribution is 14.1. The summed E-state index contributed by atoms with van der Waals surface area (Å²) in [7, 11) is 0. The van der Waals surface area contributed by atoms with Gasteiger partial charge in [0.25, 0.3) is 0 Å². The van der Waals surface area contributed by atoms with Gasteiger partial charge in [-0.25, -0.2) is 4.98 Å². The Morgan fingerprint density at radius 2 is 1.94 bits per heavy atom. The second-order valence-electron chi connectivity index (χ2n) is 3.49. The molecule has 0 saturated heterocycles. The number of halogens is 1. The lowest BCUT2D eigenvalue weighted by atomic mass is 10.3. The summed E-state index contributed by atoms with van der Waals surface area (Å²) in [6, 6.07) is 8.03. The molecule has 1 aromatic heterocycles. The summed E-state index contributed by atoms with van der Waals surface area (Å²) in [6.45, 7) is 4.67. The van der Waals surface area contributed by atoms with Crippen LogP contribution >= 0.6 is 33.9 Å². The maximum atomic E-state index is 5.66. The number of aromatic nitrogens is 1. The summed E-state index contributed by atoms with van der Waals surface area (Å²) in [5.41, 5.74) is 1.10. The topological polar surface area (TPSA) is 22.1 Å². The van der Waals surface area contributed by atoms with Gasteiger partial charge in [0.1, 0.15) is 17.4 Å². The molecule has 0 radical (unpaired) electrons. The van der Waals surface area contributed by atoms with Crippen LogP contribution in [0.2, 0.25) is 0 Å². The van der Waals surface area contributed by atoms with Crippen molar-refractivity contribution >= 4 is 33.9 Å². The van der Waals surface area contributed by atoms with Gasteiger partial charge in [-0.3, -0.25) is 0 Å². The lowest BCUT2D eigenvalue weighted by Gasteiger charge is -2.03. The van der Waals surface area contributed by atoms with Gasteiger partial charge in [-0.05, 0) is 60.7 Å². The van der Waals surface area contributed by atoms with Gasteiger partial charge in [0, 0.05) is 8.45 Å². The highest BCUT2D eigenvalue weighted by Gasteiger charge is 2.04. The molecule has 0 aliphatic carbocycles. The van der Waals surface area contributed by atoms with E-state index in [2.05, 4.69) is 34.5 Å². The van der Waals surface area contributed by atoms with Crippen LogP contribution in [0.1, 0.15) is 15.6 Å². The van der Waals surface area contributed by atoms with E-state index in [-0.39, 0.29) is 0 Å². The van der Waals surface area contributed by atoms with Gasteiger partial charge in [-0.15, -0.1) is 11.3 Å². The third kappa shape index (κ3) is 2.95. The minimum Gasteiger partial charge on any atom is -0.486 e. The van der Waals surface area contributed by atoms with E-state index in [9.17, 15) is 0 Å². The zero-order valence-electron chi connectivity index (χ0n) is 9.16. The Balaban J connectivity index is 1.99. The van der Waals surface area contributed by atoms with Crippen LogP contribution in [0.15, 0.2) is 24.3 Å². The fraction of sp³-hybridized carbons (Fsp3) is 0.250. The molecule has 0 N–H and O–H groups in total. The summed E-state index contributed by atoms with van der Waals surface area (Å²) >= 11 is 3.98. The first-order chi connectivity index (χ1) is 7.65. The molecule has 1 aromatic carbocycles. The molecule has 0 fully saturated rings. The molecule has 0 spiro atoms. The first-order valence-electron chi connectivity index (χ1n) is 4.96. The van der Waals surface area contributed by atoms with Crippen molar-refractivity contribution in [2.75, 3.05) is 0 Å². The number of aryl methyl sites for hydroxylation is 2. The van der Waals surface area contributed by atoms with E-state index < -0.39 is 0 Å². The predicted octanol–water partition coefficient (Wildman–Crippen LogP) is 3.94. The molecule has 2 aromatic rings. The Kier molecular flexibility index (Phi) is 3.81. The van der Waals surface area contributed by atoms with Gasteiger partial charge in [-0.1, -0.05) is 0 Å². The second kappa shape index (κ2) is 5.14. The molecule has 0 aliphatic heterocycles. The normalized spacial score (nSPS) is 10.4. The van der Waals surface area contributed by atoms with Crippen LogP contribution in [-0.4, -0.2) is 4.98 Å². The molecule has 0 atom stereocenters. The molecule has 0 unspecified atom stereocenters.